The maximum Gasteiger partial charge on any atom is 0.247 e. The van der Waals surface area contributed by atoms with Crippen molar-refractivity contribution in [2.75, 3.05) is 11.9 Å². The summed E-state index contributed by atoms with van der Waals surface area (Å²) in [5.41, 5.74) is 7.02. The van der Waals surface area contributed by atoms with Gasteiger partial charge in [0.1, 0.15) is 6.04 Å². The first-order chi connectivity index (χ1) is 15.9. The highest BCUT2D eigenvalue weighted by molar-refractivity contribution is 6.03. The van der Waals surface area contributed by atoms with Crippen LogP contribution in [0.15, 0.2) is 53.7 Å². The van der Waals surface area contributed by atoms with Crippen LogP contribution in [0.2, 0.25) is 0 Å². The summed E-state index contributed by atoms with van der Waals surface area (Å²) in [6.07, 6.45) is 10.8. The molecule has 33 heavy (non-hydrogen) atoms. The van der Waals surface area contributed by atoms with Crippen LogP contribution in [0.5, 0.6) is 0 Å². The molecule has 1 fully saturated rings. The van der Waals surface area contributed by atoms with Crippen LogP contribution < -0.4 is 11.1 Å². The summed E-state index contributed by atoms with van der Waals surface area (Å²) >= 11 is 0. The molecule has 3 amide bonds. The molecule has 2 atom stereocenters. The van der Waals surface area contributed by atoms with Crippen molar-refractivity contribution in [2.45, 2.75) is 64.0 Å². The highest BCUT2D eigenvalue weighted by Crippen LogP contribution is 2.39. The number of oxime groups is 1. The number of benzene rings is 1. The summed E-state index contributed by atoms with van der Waals surface area (Å²) in [4.78, 5) is 44.1. The van der Waals surface area contributed by atoms with E-state index < -0.39 is 17.6 Å². The van der Waals surface area contributed by atoms with Gasteiger partial charge in [-0.2, -0.15) is 0 Å². The average molecular weight is 453 g/mol. The fourth-order valence-electron chi connectivity index (χ4n) is 4.18. The fourth-order valence-corrected chi connectivity index (χ4v) is 4.18. The minimum Gasteiger partial charge on any atom is -0.387 e. The van der Waals surface area contributed by atoms with Gasteiger partial charge in [-0.1, -0.05) is 55.3 Å². The SMILES string of the molecule is C/C=C/C=C/C(=O)N1CC2(CC(c3cccc(NC(=O)CCCCC)c3)=NO2)C[C@H]1C(N)=O. The third kappa shape index (κ3) is 6.09. The number of nitrogens with zero attached hydrogens (tertiary/aromatic N) is 2. The maximum absolute atomic E-state index is 12.6. The summed E-state index contributed by atoms with van der Waals surface area (Å²) in [6.45, 7) is 4.18. The fraction of sp³-hybridized carbons (Fsp3) is 0.440. The number of allylic oxidation sites excluding steroid dienone is 3. The van der Waals surface area contributed by atoms with E-state index in [0.29, 0.717) is 24.2 Å². The molecule has 1 unspecified atom stereocenters. The third-order valence-electron chi connectivity index (χ3n) is 5.88. The molecule has 0 aliphatic carbocycles. The molecule has 0 bridgehead atoms. The Labute approximate surface area is 194 Å². The quantitative estimate of drug-likeness (QED) is 0.340. The molecule has 0 aromatic heterocycles. The number of hydrogen-bond donors (Lipinski definition) is 2. The molecule has 1 aromatic carbocycles. The molecule has 3 N–H and O–H groups in total. The molecule has 3 rings (SSSR count). The number of anilines is 1. The summed E-state index contributed by atoms with van der Waals surface area (Å²) < 4.78 is 0. The second-order valence-electron chi connectivity index (χ2n) is 8.55. The Hall–Kier alpha value is -3.42. The van der Waals surface area contributed by atoms with E-state index in [0.717, 1.165) is 24.8 Å². The van der Waals surface area contributed by atoms with E-state index in [9.17, 15) is 14.4 Å². The predicted octanol–water partition coefficient (Wildman–Crippen LogP) is 3.29. The van der Waals surface area contributed by atoms with Gasteiger partial charge in [-0.25, -0.2) is 0 Å². The van der Waals surface area contributed by atoms with Gasteiger partial charge in [-0.3, -0.25) is 14.4 Å². The lowest BCUT2D eigenvalue weighted by molar-refractivity contribution is -0.133. The lowest BCUT2D eigenvalue weighted by atomic mass is 9.91. The largest absolute Gasteiger partial charge is 0.387 e. The lowest BCUT2D eigenvalue weighted by Gasteiger charge is -2.21. The van der Waals surface area contributed by atoms with Crippen LogP contribution in [-0.4, -0.2) is 46.5 Å². The third-order valence-corrected chi connectivity index (χ3v) is 5.88. The zero-order valence-corrected chi connectivity index (χ0v) is 19.3. The van der Waals surface area contributed by atoms with Crippen LogP contribution >= 0.6 is 0 Å². The number of carbonyl (C=O) groups excluding carboxylic acids is 3. The van der Waals surface area contributed by atoms with Crippen LogP contribution in [0.3, 0.4) is 0 Å². The minimum absolute atomic E-state index is 0.0121. The molecule has 8 heteroatoms. The van der Waals surface area contributed by atoms with Crippen LogP contribution in [-0.2, 0) is 19.2 Å². The van der Waals surface area contributed by atoms with Gasteiger partial charge in [0.2, 0.25) is 17.7 Å². The van der Waals surface area contributed by atoms with Crippen molar-refractivity contribution in [1.82, 2.24) is 4.90 Å². The first-order valence-corrected chi connectivity index (χ1v) is 11.4. The summed E-state index contributed by atoms with van der Waals surface area (Å²) in [6, 6.07) is 6.70. The van der Waals surface area contributed by atoms with Gasteiger partial charge >= 0.3 is 0 Å². The second kappa shape index (κ2) is 10.9. The lowest BCUT2D eigenvalue weighted by Crippen LogP contribution is -2.43. The first-order valence-electron chi connectivity index (χ1n) is 11.4. The van der Waals surface area contributed by atoms with Gasteiger partial charge in [0, 0.05) is 36.6 Å². The Morgan fingerprint density at radius 3 is 2.85 bits per heavy atom. The standard InChI is InChI=1S/C25H32N4O4/c1-3-5-7-12-22(30)27-19-11-9-10-18(14-19)20-15-25(33-28-20)16-21(24(26)32)29(17-25)23(31)13-8-6-4-2/h4,6,8-11,13-14,21H,3,5,7,12,15-17H2,1-2H3,(H2,26,32)(H,27,30)/b6-4+,13-8+/t21-,25?/m0/s1. The molecule has 1 spiro atoms. The molecule has 2 aliphatic rings. The Morgan fingerprint density at radius 1 is 1.30 bits per heavy atom. The van der Waals surface area contributed by atoms with Crippen molar-refractivity contribution in [3.63, 3.8) is 0 Å². The Balaban J connectivity index is 1.68. The highest BCUT2D eigenvalue weighted by Gasteiger charge is 2.52. The normalized spacial score (nSPS) is 22.2. The maximum atomic E-state index is 12.6. The number of likely N-dealkylation sites (tertiary alicyclic amines) is 1. The Bertz CT molecular complexity index is 984. The molecule has 8 nitrogen and oxygen atoms in total. The number of rotatable bonds is 9. The molecular formula is C25H32N4O4. The monoisotopic (exact) mass is 452 g/mol. The number of amides is 3. The van der Waals surface area contributed by atoms with Crippen LogP contribution in [0, 0.1) is 0 Å². The van der Waals surface area contributed by atoms with E-state index in [-0.39, 0.29) is 24.8 Å². The van der Waals surface area contributed by atoms with Crippen molar-refractivity contribution < 1.29 is 19.2 Å². The van der Waals surface area contributed by atoms with Crippen molar-refractivity contribution in [3.05, 3.63) is 54.1 Å². The molecule has 176 valence electrons. The van der Waals surface area contributed by atoms with Gasteiger partial charge in [0.25, 0.3) is 0 Å². The summed E-state index contributed by atoms with van der Waals surface area (Å²) in [5.74, 6) is -0.870. The number of unbranched alkanes of at least 4 members (excludes halogenated alkanes) is 2. The number of hydrogen-bond acceptors (Lipinski definition) is 5. The minimum atomic E-state index is -0.793. The van der Waals surface area contributed by atoms with Crippen molar-refractivity contribution in [1.29, 1.82) is 0 Å². The summed E-state index contributed by atoms with van der Waals surface area (Å²) in [5, 5.41) is 7.20. The molecule has 0 radical (unpaired) electrons. The Kier molecular flexibility index (Phi) is 8.03. The van der Waals surface area contributed by atoms with E-state index in [2.05, 4.69) is 17.4 Å². The van der Waals surface area contributed by atoms with Gasteiger partial charge in [0.15, 0.2) is 5.60 Å². The molecule has 0 saturated carbocycles. The molecular weight excluding hydrogens is 420 g/mol. The topological polar surface area (TPSA) is 114 Å². The molecule has 1 saturated heterocycles. The van der Waals surface area contributed by atoms with E-state index >= 15 is 0 Å². The number of primary amides is 1. The zero-order valence-electron chi connectivity index (χ0n) is 19.3. The van der Waals surface area contributed by atoms with E-state index in [1.807, 2.05) is 37.3 Å². The molecule has 2 aliphatic heterocycles. The van der Waals surface area contributed by atoms with Gasteiger partial charge in [0.05, 0.1) is 12.3 Å². The number of nitrogens with two attached hydrogens (primary N) is 1. The Morgan fingerprint density at radius 2 is 2.12 bits per heavy atom. The first kappa shape index (κ1) is 24.2. The smallest absolute Gasteiger partial charge is 0.247 e. The van der Waals surface area contributed by atoms with E-state index in [1.54, 1.807) is 12.2 Å². The van der Waals surface area contributed by atoms with Gasteiger partial charge in [-0.15, -0.1) is 0 Å². The van der Waals surface area contributed by atoms with Crippen LogP contribution in [0.4, 0.5) is 5.69 Å². The molecule has 2 heterocycles. The highest BCUT2D eigenvalue weighted by atomic mass is 16.7. The van der Waals surface area contributed by atoms with Gasteiger partial charge in [-0.05, 0) is 25.5 Å². The molecule has 1 aromatic rings. The number of nitrogens with one attached hydrogen (secondary N) is 1. The average Bonchev–Trinajstić information content (AvgIpc) is 3.38. The van der Waals surface area contributed by atoms with Crippen molar-refractivity contribution in [3.8, 4) is 0 Å². The zero-order chi connectivity index (χ0) is 23.8. The summed E-state index contributed by atoms with van der Waals surface area (Å²) in [7, 11) is 0. The van der Waals surface area contributed by atoms with Crippen LogP contribution in [0.25, 0.3) is 0 Å². The number of carbonyl (C=O) groups is 3. The van der Waals surface area contributed by atoms with Crippen LogP contribution in [0.1, 0.15) is 57.9 Å². The van der Waals surface area contributed by atoms with E-state index in [1.165, 1.54) is 11.0 Å². The van der Waals surface area contributed by atoms with E-state index in [4.69, 9.17) is 10.6 Å². The van der Waals surface area contributed by atoms with Gasteiger partial charge < -0.3 is 20.8 Å². The second-order valence-corrected chi connectivity index (χ2v) is 8.55. The van der Waals surface area contributed by atoms with Crippen molar-refractivity contribution >= 4 is 29.1 Å². The van der Waals surface area contributed by atoms with Crippen molar-refractivity contribution in [2.24, 2.45) is 10.9 Å². The predicted molar refractivity (Wildman–Crippen MR) is 127 cm³/mol.